The first-order valence-corrected chi connectivity index (χ1v) is 9.42. The summed E-state index contributed by atoms with van der Waals surface area (Å²) in [5.41, 5.74) is 1.78. The number of sulfonamides is 1. The molecule has 0 saturated carbocycles. The Kier molecular flexibility index (Phi) is 6.36. The van der Waals surface area contributed by atoms with Crippen LogP contribution in [0.3, 0.4) is 0 Å². The maximum atomic E-state index is 12.2. The number of aryl methyl sites for hydroxylation is 1. The molecule has 0 fully saturated rings. The monoisotopic (exact) mass is 366 g/mol. The van der Waals surface area contributed by atoms with Crippen LogP contribution in [0.4, 0.5) is 5.69 Å². The predicted molar refractivity (Wildman–Crippen MR) is 95.7 cm³/mol. The molecular weight excluding hydrogens is 348 g/mol. The van der Waals surface area contributed by atoms with Gasteiger partial charge in [0.2, 0.25) is 15.9 Å². The summed E-state index contributed by atoms with van der Waals surface area (Å²) in [6, 6.07) is 13.7. The largest absolute Gasteiger partial charge is 0.326 e. The van der Waals surface area contributed by atoms with Gasteiger partial charge in [0, 0.05) is 18.7 Å². The second-order valence-electron chi connectivity index (χ2n) is 5.14. The van der Waals surface area contributed by atoms with Gasteiger partial charge in [-0.3, -0.25) is 4.79 Å². The Morgan fingerprint density at radius 3 is 2.46 bits per heavy atom. The molecule has 0 unspecified atom stereocenters. The first kappa shape index (κ1) is 18.4. The quantitative estimate of drug-likeness (QED) is 0.790. The number of hydrogen-bond donors (Lipinski definition) is 2. The molecule has 0 heterocycles. The van der Waals surface area contributed by atoms with E-state index in [2.05, 4.69) is 10.0 Å². The zero-order valence-corrected chi connectivity index (χ0v) is 14.8. The van der Waals surface area contributed by atoms with E-state index in [1.807, 2.05) is 31.2 Å². The topological polar surface area (TPSA) is 75.3 Å². The van der Waals surface area contributed by atoms with Crippen molar-refractivity contribution in [3.05, 3.63) is 59.1 Å². The summed E-state index contributed by atoms with van der Waals surface area (Å²) in [6.07, 6.45) is 0.831. The van der Waals surface area contributed by atoms with Gasteiger partial charge in [-0.15, -0.1) is 0 Å². The molecule has 2 aromatic carbocycles. The minimum absolute atomic E-state index is 0.00315. The maximum Gasteiger partial charge on any atom is 0.242 e. The van der Waals surface area contributed by atoms with E-state index in [0.717, 1.165) is 17.7 Å². The van der Waals surface area contributed by atoms with Gasteiger partial charge < -0.3 is 5.32 Å². The van der Waals surface area contributed by atoms with E-state index >= 15 is 0 Å². The van der Waals surface area contributed by atoms with Crippen LogP contribution in [0.25, 0.3) is 0 Å². The van der Waals surface area contributed by atoms with Gasteiger partial charge >= 0.3 is 0 Å². The summed E-state index contributed by atoms with van der Waals surface area (Å²) >= 11 is 5.89. The molecule has 24 heavy (non-hydrogen) atoms. The minimum atomic E-state index is -3.73. The molecule has 0 bridgehead atoms. The van der Waals surface area contributed by atoms with Gasteiger partial charge in [-0.2, -0.15) is 0 Å². The van der Waals surface area contributed by atoms with Gasteiger partial charge in [0.05, 0.1) is 5.02 Å². The normalized spacial score (nSPS) is 11.2. The molecule has 0 aliphatic rings. The van der Waals surface area contributed by atoms with Crippen LogP contribution in [0.2, 0.25) is 5.02 Å². The third-order valence-corrected chi connectivity index (χ3v) is 5.40. The molecule has 0 radical (unpaired) electrons. The van der Waals surface area contributed by atoms with Crippen molar-refractivity contribution >= 4 is 33.2 Å². The fraction of sp³-hybridized carbons (Fsp3) is 0.235. The Balaban J connectivity index is 1.92. The average molecular weight is 367 g/mol. The van der Waals surface area contributed by atoms with Crippen LogP contribution in [-0.2, 0) is 21.2 Å². The van der Waals surface area contributed by atoms with Crippen LogP contribution in [0.5, 0.6) is 0 Å². The number of carbonyl (C=O) groups excluding carboxylic acids is 1. The van der Waals surface area contributed by atoms with Gasteiger partial charge in [-0.1, -0.05) is 48.9 Å². The van der Waals surface area contributed by atoms with Crippen LogP contribution in [0.1, 0.15) is 18.9 Å². The molecule has 2 aromatic rings. The van der Waals surface area contributed by atoms with Crippen molar-refractivity contribution in [2.24, 2.45) is 0 Å². The third kappa shape index (κ3) is 4.80. The second-order valence-corrected chi connectivity index (χ2v) is 7.28. The molecule has 0 atom stereocenters. The highest BCUT2D eigenvalue weighted by molar-refractivity contribution is 7.89. The van der Waals surface area contributed by atoms with Crippen molar-refractivity contribution in [3.63, 3.8) is 0 Å². The van der Waals surface area contributed by atoms with Crippen molar-refractivity contribution in [1.82, 2.24) is 4.72 Å². The van der Waals surface area contributed by atoms with E-state index in [1.54, 1.807) is 12.1 Å². The zero-order valence-electron chi connectivity index (χ0n) is 13.3. The van der Waals surface area contributed by atoms with Gasteiger partial charge in [0.25, 0.3) is 0 Å². The Bertz CT molecular complexity index is 822. The first-order valence-electron chi connectivity index (χ1n) is 7.56. The maximum absolute atomic E-state index is 12.2. The number of nitrogens with one attached hydrogen (secondary N) is 2. The van der Waals surface area contributed by atoms with Crippen molar-refractivity contribution in [2.45, 2.75) is 24.7 Å². The van der Waals surface area contributed by atoms with Gasteiger partial charge in [0.1, 0.15) is 4.90 Å². The van der Waals surface area contributed by atoms with Crippen LogP contribution < -0.4 is 10.0 Å². The number of para-hydroxylation sites is 1. The van der Waals surface area contributed by atoms with E-state index in [4.69, 9.17) is 11.6 Å². The van der Waals surface area contributed by atoms with Crippen LogP contribution >= 0.6 is 11.6 Å². The molecular formula is C17H19ClN2O3S. The SMILES string of the molecule is CCc1ccccc1NC(=O)CCNS(=O)(=O)c1ccccc1Cl. The highest BCUT2D eigenvalue weighted by Gasteiger charge is 2.17. The lowest BCUT2D eigenvalue weighted by atomic mass is 10.1. The molecule has 0 aromatic heterocycles. The van der Waals surface area contributed by atoms with E-state index in [0.29, 0.717) is 0 Å². The zero-order chi connectivity index (χ0) is 17.6. The Morgan fingerprint density at radius 2 is 1.75 bits per heavy atom. The van der Waals surface area contributed by atoms with Crippen molar-refractivity contribution in [3.8, 4) is 0 Å². The fourth-order valence-corrected chi connectivity index (χ4v) is 3.75. The van der Waals surface area contributed by atoms with E-state index in [-0.39, 0.29) is 28.8 Å². The highest BCUT2D eigenvalue weighted by atomic mass is 35.5. The number of rotatable bonds is 7. The van der Waals surface area contributed by atoms with Crippen LogP contribution in [-0.4, -0.2) is 20.9 Å². The summed E-state index contributed by atoms with van der Waals surface area (Å²) in [6.45, 7) is 2.00. The number of hydrogen-bond acceptors (Lipinski definition) is 3. The average Bonchev–Trinajstić information content (AvgIpc) is 2.55. The molecule has 0 aliphatic heterocycles. The molecule has 128 valence electrons. The standard InChI is InChI=1S/C17H19ClN2O3S/c1-2-13-7-3-5-9-15(13)20-17(21)11-12-19-24(22,23)16-10-6-4-8-14(16)18/h3-10,19H,2,11-12H2,1H3,(H,20,21). The summed E-state index contributed by atoms with van der Waals surface area (Å²) in [7, 11) is -3.73. The van der Waals surface area contributed by atoms with Crippen molar-refractivity contribution < 1.29 is 13.2 Å². The van der Waals surface area contributed by atoms with E-state index in [1.165, 1.54) is 12.1 Å². The lowest BCUT2D eigenvalue weighted by Crippen LogP contribution is -2.28. The molecule has 7 heteroatoms. The molecule has 5 nitrogen and oxygen atoms in total. The predicted octanol–water partition coefficient (Wildman–Crippen LogP) is 3.21. The third-order valence-electron chi connectivity index (χ3n) is 3.44. The number of halogens is 1. The molecule has 0 aliphatic carbocycles. The number of carbonyl (C=O) groups is 1. The molecule has 1 amide bonds. The number of amides is 1. The summed E-state index contributed by atoms with van der Waals surface area (Å²) < 4.78 is 26.7. The van der Waals surface area contributed by atoms with Crippen LogP contribution in [0.15, 0.2) is 53.4 Å². The van der Waals surface area contributed by atoms with Crippen molar-refractivity contribution in [2.75, 3.05) is 11.9 Å². The molecule has 2 N–H and O–H groups in total. The number of anilines is 1. The minimum Gasteiger partial charge on any atom is -0.326 e. The first-order chi connectivity index (χ1) is 11.4. The summed E-state index contributed by atoms with van der Waals surface area (Å²) in [5.74, 6) is -0.252. The lowest BCUT2D eigenvalue weighted by molar-refractivity contribution is -0.116. The van der Waals surface area contributed by atoms with E-state index < -0.39 is 10.0 Å². The lowest BCUT2D eigenvalue weighted by Gasteiger charge is -2.10. The van der Waals surface area contributed by atoms with Gasteiger partial charge in [-0.25, -0.2) is 13.1 Å². The molecule has 2 rings (SSSR count). The highest BCUT2D eigenvalue weighted by Crippen LogP contribution is 2.20. The second kappa shape index (κ2) is 8.28. The molecule has 0 saturated heterocycles. The summed E-state index contributed by atoms with van der Waals surface area (Å²) in [4.78, 5) is 12.0. The number of benzene rings is 2. The Labute approximate surface area is 147 Å². The Morgan fingerprint density at radius 1 is 1.08 bits per heavy atom. The fourth-order valence-electron chi connectivity index (χ4n) is 2.20. The van der Waals surface area contributed by atoms with Crippen LogP contribution in [0, 0.1) is 0 Å². The molecule has 0 spiro atoms. The summed E-state index contributed by atoms with van der Waals surface area (Å²) in [5, 5.41) is 2.94. The van der Waals surface area contributed by atoms with E-state index in [9.17, 15) is 13.2 Å². The van der Waals surface area contributed by atoms with Crippen molar-refractivity contribution in [1.29, 1.82) is 0 Å². The smallest absolute Gasteiger partial charge is 0.242 e. The Hall–Kier alpha value is -1.89. The van der Waals surface area contributed by atoms with Gasteiger partial charge in [0.15, 0.2) is 0 Å². The van der Waals surface area contributed by atoms with Gasteiger partial charge in [-0.05, 0) is 30.2 Å².